The number of pyridine rings is 1. The summed E-state index contributed by atoms with van der Waals surface area (Å²) in [4.78, 5) is 17.3. The molecule has 0 atom stereocenters. The van der Waals surface area contributed by atoms with E-state index in [4.69, 9.17) is 0 Å². The van der Waals surface area contributed by atoms with Gasteiger partial charge >= 0.3 is 6.36 Å². The fourth-order valence-electron chi connectivity index (χ4n) is 2.30. The Hall–Kier alpha value is -3.00. The standard InChI is InChI=1S/C20H15F3N2O2S/c21-20(22,23)27-17-7-3-15(4-8-17)19(26)25-16-5-9-18(10-6-16)28-13-14-2-1-11-24-12-14/h1-12H,13H2,(H,25,26). The molecule has 0 aliphatic rings. The summed E-state index contributed by atoms with van der Waals surface area (Å²) >= 11 is 1.65. The van der Waals surface area contributed by atoms with Gasteiger partial charge in [-0.05, 0) is 60.2 Å². The van der Waals surface area contributed by atoms with Gasteiger partial charge in [0.15, 0.2) is 0 Å². The van der Waals surface area contributed by atoms with Crippen molar-refractivity contribution in [3.8, 4) is 5.75 Å². The molecule has 0 unspecified atom stereocenters. The molecular weight excluding hydrogens is 389 g/mol. The summed E-state index contributed by atoms with van der Waals surface area (Å²) in [5, 5.41) is 2.71. The lowest BCUT2D eigenvalue weighted by molar-refractivity contribution is -0.274. The van der Waals surface area contributed by atoms with E-state index in [2.05, 4.69) is 15.0 Å². The molecular formula is C20H15F3N2O2S. The summed E-state index contributed by atoms with van der Waals surface area (Å²) in [7, 11) is 0. The molecule has 1 amide bonds. The van der Waals surface area contributed by atoms with Crippen molar-refractivity contribution in [1.29, 1.82) is 0 Å². The smallest absolute Gasteiger partial charge is 0.406 e. The molecule has 0 fully saturated rings. The van der Waals surface area contributed by atoms with E-state index in [1.165, 1.54) is 12.1 Å². The lowest BCUT2D eigenvalue weighted by Gasteiger charge is -2.10. The minimum absolute atomic E-state index is 0.226. The number of ether oxygens (including phenoxy) is 1. The van der Waals surface area contributed by atoms with Gasteiger partial charge in [-0.2, -0.15) is 0 Å². The Morgan fingerprint density at radius 2 is 1.75 bits per heavy atom. The normalized spacial score (nSPS) is 11.1. The average Bonchev–Trinajstić information content (AvgIpc) is 2.67. The molecule has 3 rings (SSSR count). The van der Waals surface area contributed by atoms with E-state index >= 15 is 0 Å². The van der Waals surface area contributed by atoms with Gasteiger partial charge < -0.3 is 10.1 Å². The average molecular weight is 404 g/mol. The van der Waals surface area contributed by atoms with Crippen LogP contribution in [0.4, 0.5) is 18.9 Å². The molecule has 0 aliphatic heterocycles. The molecule has 0 radical (unpaired) electrons. The van der Waals surface area contributed by atoms with Gasteiger partial charge in [0.05, 0.1) is 0 Å². The zero-order chi connectivity index (χ0) is 20.0. The lowest BCUT2D eigenvalue weighted by Crippen LogP contribution is -2.17. The number of hydrogen-bond donors (Lipinski definition) is 1. The highest BCUT2D eigenvalue weighted by Gasteiger charge is 2.31. The monoisotopic (exact) mass is 404 g/mol. The fraction of sp³-hybridized carbons (Fsp3) is 0.100. The first-order chi connectivity index (χ1) is 13.4. The van der Waals surface area contributed by atoms with Crippen LogP contribution in [-0.4, -0.2) is 17.3 Å². The third-order valence-electron chi connectivity index (χ3n) is 3.59. The van der Waals surface area contributed by atoms with E-state index in [1.807, 2.05) is 30.5 Å². The summed E-state index contributed by atoms with van der Waals surface area (Å²) in [6.45, 7) is 0. The molecule has 0 bridgehead atoms. The first kappa shape index (κ1) is 19.8. The van der Waals surface area contributed by atoms with Crippen molar-refractivity contribution >= 4 is 23.4 Å². The number of anilines is 1. The number of carbonyl (C=O) groups excluding carboxylic acids is 1. The minimum Gasteiger partial charge on any atom is -0.406 e. The van der Waals surface area contributed by atoms with Gasteiger partial charge in [0.25, 0.3) is 5.91 Å². The number of benzene rings is 2. The second kappa shape index (κ2) is 8.79. The van der Waals surface area contributed by atoms with Crippen LogP contribution in [-0.2, 0) is 5.75 Å². The van der Waals surface area contributed by atoms with E-state index in [0.717, 1.165) is 28.3 Å². The molecule has 144 valence electrons. The number of thioether (sulfide) groups is 1. The second-order valence-corrected chi connectivity index (χ2v) is 6.75. The van der Waals surface area contributed by atoms with Crippen LogP contribution in [0.5, 0.6) is 5.75 Å². The number of halogens is 3. The van der Waals surface area contributed by atoms with Gasteiger partial charge in [-0.15, -0.1) is 24.9 Å². The largest absolute Gasteiger partial charge is 0.573 e. The Labute approximate surface area is 163 Å². The Balaban J connectivity index is 1.55. The molecule has 8 heteroatoms. The summed E-state index contributed by atoms with van der Waals surface area (Å²) < 4.78 is 40.3. The van der Waals surface area contributed by atoms with E-state index < -0.39 is 12.3 Å². The number of nitrogens with one attached hydrogen (secondary N) is 1. The van der Waals surface area contributed by atoms with Crippen LogP contribution in [0, 0.1) is 0 Å². The zero-order valence-electron chi connectivity index (χ0n) is 14.4. The maximum absolute atomic E-state index is 12.2. The second-order valence-electron chi connectivity index (χ2n) is 5.70. The Morgan fingerprint density at radius 1 is 1.04 bits per heavy atom. The van der Waals surface area contributed by atoms with Gasteiger partial charge in [-0.1, -0.05) is 6.07 Å². The molecule has 4 nitrogen and oxygen atoms in total. The van der Waals surface area contributed by atoms with Crippen molar-refractivity contribution in [2.75, 3.05) is 5.32 Å². The number of alkyl halides is 3. The minimum atomic E-state index is -4.76. The maximum Gasteiger partial charge on any atom is 0.573 e. The number of aromatic nitrogens is 1. The van der Waals surface area contributed by atoms with Gasteiger partial charge in [0, 0.05) is 34.3 Å². The van der Waals surface area contributed by atoms with Gasteiger partial charge in [0.2, 0.25) is 0 Å². The van der Waals surface area contributed by atoms with Crippen LogP contribution in [0.15, 0.2) is 78.0 Å². The van der Waals surface area contributed by atoms with Crippen molar-refractivity contribution in [2.24, 2.45) is 0 Å². The summed E-state index contributed by atoms with van der Waals surface area (Å²) in [5.41, 5.74) is 1.93. The quantitative estimate of drug-likeness (QED) is 0.549. The van der Waals surface area contributed by atoms with E-state index in [0.29, 0.717) is 5.69 Å². The van der Waals surface area contributed by atoms with Crippen LogP contribution in [0.3, 0.4) is 0 Å². The van der Waals surface area contributed by atoms with Crippen molar-refractivity contribution in [3.63, 3.8) is 0 Å². The van der Waals surface area contributed by atoms with Gasteiger partial charge in [0.1, 0.15) is 5.75 Å². The Morgan fingerprint density at radius 3 is 2.36 bits per heavy atom. The van der Waals surface area contributed by atoms with E-state index in [1.54, 1.807) is 30.1 Å². The van der Waals surface area contributed by atoms with Crippen molar-refractivity contribution in [2.45, 2.75) is 17.0 Å². The predicted molar refractivity (Wildman–Crippen MR) is 101 cm³/mol. The predicted octanol–water partition coefficient (Wildman–Crippen LogP) is 5.52. The molecule has 3 aromatic rings. The SMILES string of the molecule is O=C(Nc1ccc(SCc2cccnc2)cc1)c1ccc(OC(F)(F)F)cc1. The number of rotatable bonds is 6. The van der Waals surface area contributed by atoms with Gasteiger partial charge in [-0.3, -0.25) is 9.78 Å². The molecule has 0 spiro atoms. The molecule has 1 heterocycles. The molecule has 0 aliphatic carbocycles. The molecule has 0 saturated heterocycles. The third kappa shape index (κ3) is 6.02. The van der Waals surface area contributed by atoms with E-state index in [-0.39, 0.29) is 11.3 Å². The molecule has 1 N–H and O–H groups in total. The van der Waals surface area contributed by atoms with Crippen LogP contribution in [0.2, 0.25) is 0 Å². The maximum atomic E-state index is 12.2. The Kier molecular flexibility index (Phi) is 6.20. The Bertz CT molecular complexity index is 915. The highest BCUT2D eigenvalue weighted by atomic mass is 32.2. The van der Waals surface area contributed by atoms with E-state index in [9.17, 15) is 18.0 Å². The number of carbonyl (C=O) groups is 1. The van der Waals surface area contributed by atoms with Crippen LogP contribution < -0.4 is 10.1 Å². The molecule has 2 aromatic carbocycles. The van der Waals surface area contributed by atoms with Crippen molar-refractivity contribution < 1.29 is 22.7 Å². The highest BCUT2D eigenvalue weighted by Crippen LogP contribution is 2.25. The van der Waals surface area contributed by atoms with Crippen LogP contribution >= 0.6 is 11.8 Å². The summed E-state index contributed by atoms with van der Waals surface area (Å²) in [6, 6.07) is 15.9. The molecule has 28 heavy (non-hydrogen) atoms. The number of amides is 1. The lowest BCUT2D eigenvalue weighted by atomic mass is 10.2. The third-order valence-corrected chi connectivity index (χ3v) is 4.67. The fourth-order valence-corrected chi connectivity index (χ4v) is 3.13. The van der Waals surface area contributed by atoms with Gasteiger partial charge in [-0.25, -0.2) is 0 Å². The number of hydrogen-bond acceptors (Lipinski definition) is 4. The van der Waals surface area contributed by atoms with Crippen molar-refractivity contribution in [3.05, 3.63) is 84.2 Å². The number of nitrogens with zero attached hydrogens (tertiary/aromatic N) is 1. The topological polar surface area (TPSA) is 51.2 Å². The van der Waals surface area contributed by atoms with Crippen LogP contribution in [0.25, 0.3) is 0 Å². The molecule has 1 aromatic heterocycles. The van der Waals surface area contributed by atoms with Crippen molar-refractivity contribution in [1.82, 2.24) is 4.98 Å². The highest BCUT2D eigenvalue weighted by molar-refractivity contribution is 7.98. The molecule has 0 saturated carbocycles. The summed E-state index contributed by atoms with van der Waals surface area (Å²) in [5.74, 6) is -0.0142. The zero-order valence-corrected chi connectivity index (χ0v) is 15.3. The first-order valence-electron chi connectivity index (χ1n) is 8.18. The summed E-state index contributed by atoms with van der Waals surface area (Å²) in [6.07, 6.45) is -1.23. The first-order valence-corrected chi connectivity index (χ1v) is 9.16. The van der Waals surface area contributed by atoms with Crippen LogP contribution in [0.1, 0.15) is 15.9 Å².